The Morgan fingerprint density at radius 3 is 2.81 bits per heavy atom. The molecular weight excluding hydrogens is 204 g/mol. The molecule has 1 rings (SSSR count). The van der Waals surface area contributed by atoms with Gasteiger partial charge in [-0.1, -0.05) is 25.1 Å². The van der Waals surface area contributed by atoms with Crippen LogP contribution in [0.3, 0.4) is 0 Å². The Morgan fingerprint density at radius 2 is 2.12 bits per heavy atom. The summed E-state index contributed by atoms with van der Waals surface area (Å²) in [7, 11) is 1.62. The molecule has 0 aliphatic carbocycles. The lowest BCUT2D eigenvalue weighted by Gasteiger charge is -2.09. The predicted molar refractivity (Wildman–Crippen MR) is 63.4 cm³/mol. The average Bonchev–Trinajstić information content (AvgIpc) is 2.34. The molecular formula is C12H18N2O2. The van der Waals surface area contributed by atoms with E-state index in [0.29, 0.717) is 13.1 Å². The van der Waals surface area contributed by atoms with Crippen LogP contribution in [0.25, 0.3) is 0 Å². The van der Waals surface area contributed by atoms with Crippen molar-refractivity contribution in [2.24, 2.45) is 0 Å². The summed E-state index contributed by atoms with van der Waals surface area (Å²) in [4.78, 5) is 11.4. The molecule has 1 amide bonds. The number of amides is 1. The van der Waals surface area contributed by atoms with Gasteiger partial charge in [-0.3, -0.25) is 4.79 Å². The van der Waals surface area contributed by atoms with Crippen molar-refractivity contribution < 1.29 is 9.53 Å². The minimum absolute atomic E-state index is 0.00671. The average molecular weight is 222 g/mol. The van der Waals surface area contributed by atoms with Crippen LogP contribution in [-0.4, -0.2) is 26.1 Å². The predicted octanol–water partition coefficient (Wildman–Crippen LogP) is 0.921. The fraction of sp³-hybridized carbons (Fsp3) is 0.417. The van der Waals surface area contributed by atoms with E-state index in [0.717, 1.165) is 17.9 Å². The summed E-state index contributed by atoms with van der Waals surface area (Å²) in [5, 5.41) is 5.80. The van der Waals surface area contributed by atoms with Gasteiger partial charge in [0.2, 0.25) is 5.91 Å². The van der Waals surface area contributed by atoms with Crippen molar-refractivity contribution >= 4 is 5.91 Å². The normalized spacial score (nSPS) is 9.88. The Kier molecular flexibility index (Phi) is 5.36. The minimum atomic E-state index is -0.00671. The molecule has 0 saturated carbocycles. The summed E-state index contributed by atoms with van der Waals surface area (Å²) in [5.74, 6) is 0.791. The van der Waals surface area contributed by atoms with E-state index in [4.69, 9.17) is 4.74 Å². The van der Waals surface area contributed by atoms with E-state index in [1.165, 1.54) is 0 Å². The quantitative estimate of drug-likeness (QED) is 0.752. The third-order valence-electron chi connectivity index (χ3n) is 2.20. The van der Waals surface area contributed by atoms with Crippen LogP contribution < -0.4 is 15.4 Å². The summed E-state index contributed by atoms with van der Waals surface area (Å²) in [6.45, 7) is 3.61. The summed E-state index contributed by atoms with van der Waals surface area (Å²) < 4.78 is 5.19. The molecule has 4 nitrogen and oxygen atoms in total. The maximum atomic E-state index is 11.4. The van der Waals surface area contributed by atoms with Gasteiger partial charge in [0, 0.05) is 12.1 Å². The molecule has 0 heterocycles. The van der Waals surface area contributed by atoms with Gasteiger partial charge >= 0.3 is 0 Å². The number of carbonyl (C=O) groups is 1. The number of rotatable bonds is 6. The third-order valence-corrected chi connectivity index (χ3v) is 2.20. The smallest absolute Gasteiger partial charge is 0.234 e. The molecule has 0 saturated heterocycles. The lowest BCUT2D eigenvalue weighted by Crippen LogP contribution is -2.33. The summed E-state index contributed by atoms with van der Waals surface area (Å²) in [6.07, 6.45) is 0. The van der Waals surface area contributed by atoms with Crippen LogP contribution in [0.1, 0.15) is 12.5 Å². The van der Waals surface area contributed by atoms with Gasteiger partial charge in [0.1, 0.15) is 5.75 Å². The van der Waals surface area contributed by atoms with Gasteiger partial charge in [0.05, 0.1) is 13.7 Å². The molecule has 0 atom stereocenters. The van der Waals surface area contributed by atoms with Crippen molar-refractivity contribution in [1.82, 2.24) is 10.6 Å². The van der Waals surface area contributed by atoms with Crippen molar-refractivity contribution in [3.63, 3.8) is 0 Å². The lowest BCUT2D eigenvalue weighted by molar-refractivity contribution is -0.120. The van der Waals surface area contributed by atoms with Crippen LogP contribution in [0.4, 0.5) is 0 Å². The monoisotopic (exact) mass is 222 g/mol. The number of likely N-dealkylation sites (N-methyl/N-ethyl adjacent to an activating group) is 1. The molecule has 0 spiro atoms. The van der Waals surface area contributed by atoms with E-state index in [1.54, 1.807) is 7.11 Å². The minimum Gasteiger partial charge on any atom is -0.496 e. The third kappa shape index (κ3) is 3.90. The van der Waals surface area contributed by atoms with Crippen LogP contribution in [-0.2, 0) is 11.3 Å². The van der Waals surface area contributed by atoms with Gasteiger partial charge in [0.25, 0.3) is 0 Å². The molecule has 88 valence electrons. The topological polar surface area (TPSA) is 50.4 Å². The van der Waals surface area contributed by atoms with Crippen molar-refractivity contribution in [3.8, 4) is 5.75 Å². The molecule has 0 radical (unpaired) electrons. The molecule has 0 fully saturated rings. The molecule has 0 aliphatic heterocycles. The first kappa shape index (κ1) is 12.5. The number of nitrogens with one attached hydrogen (secondary N) is 2. The number of methoxy groups -OCH3 is 1. The number of para-hydroxylation sites is 1. The lowest BCUT2D eigenvalue weighted by atomic mass is 10.2. The molecule has 0 unspecified atom stereocenters. The van der Waals surface area contributed by atoms with Crippen LogP contribution in [0.5, 0.6) is 5.75 Å². The maximum absolute atomic E-state index is 11.4. The first-order valence-corrected chi connectivity index (χ1v) is 5.37. The molecule has 1 aromatic carbocycles. The number of hydrogen-bond acceptors (Lipinski definition) is 3. The summed E-state index contributed by atoms with van der Waals surface area (Å²) >= 11 is 0. The van der Waals surface area contributed by atoms with E-state index < -0.39 is 0 Å². The Bertz CT molecular complexity index is 340. The number of hydrogen-bond donors (Lipinski definition) is 2. The zero-order valence-electron chi connectivity index (χ0n) is 9.75. The number of carbonyl (C=O) groups excluding carboxylic acids is 1. The SMILES string of the molecule is CCNCC(=O)NCc1ccccc1OC. The van der Waals surface area contributed by atoms with Gasteiger partial charge in [-0.2, -0.15) is 0 Å². The molecule has 0 bridgehead atoms. The van der Waals surface area contributed by atoms with E-state index in [2.05, 4.69) is 10.6 Å². The Labute approximate surface area is 96.0 Å². The van der Waals surface area contributed by atoms with Crippen LogP contribution in [0.15, 0.2) is 24.3 Å². The van der Waals surface area contributed by atoms with Gasteiger partial charge in [-0.15, -0.1) is 0 Å². The Hall–Kier alpha value is -1.55. The number of ether oxygens (including phenoxy) is 1. The first-order valence-electron chi connectivity index (χ1n) is 5.37. The molecule has 1 aromatic rings. The van der Waals surface area contributed by atoms with Gasteiger partial charge in [-0.05, 0) is 12.6 Å². The van der Waals surface area contributed by atoms with Gasteiger partial charge < -0.3 is 15.4 Å². The Balaban J connectivity index is 2.44. The first-order chi connectivity index (χ1) is 7.77. The maximum Gasteiger partial charge on any atom is 0.234 e. The molecule has 2 N–H and O–H groups in total. The molecule has 4 heteroatoms. The Morgan fingerprint density at radius 1 is 1.38 bits per heavy atom. The second-order valence-corrected chi connectivity index (χ2v) is 3.37. The summed E-state index contributed by atoms with van der Waals surface area (Å²) in [6, 6.07) is 7.65. The number of benzene rings is 1. The fourth-order valence-electron chi connectivity index (χ4n) is 1.34. The van der Waals surface area contributed by atoms with E-state index in [9.17, 15) is 4.79 Å². The highest BCUT2D eigenvalue weighted by Crippen LogP contribution is 2.16. The summed E-state index contributed by atoms with van der Waals surface area (Å²) in [5.41, 5.74) is 0.981. The second-order valence-electron chi connectivity index (χ2n) is 3.37. The van der Waals surface area contributed by atoms with E-state index in [-0.39, 0.29) is 5.91 Å². The van der Waals surface area contributed by atoms with Gasteiger partial charge in [-0.25, -0.2) is 0 Å². The van der Waals surface area contributed by atoms with Crippen molar-refractivity contribution in [2.45, 2.75) is 13.5 Å². The standard InChI is InChI=1S/C12H18N2O2/c1-3-13-9-12(15)14-8-10-6-4-5-7-11(10)16-2/h4-7,13H,3,8-9H2,1-2H3,(H,14,15). The van der Waals surface area contributed by atoms with Gasteiger partial charge in [0.15, 0.2) is 0 Å². The zero-order chi connectivity index (χ0) is 11.8. The highest BCUT2D eigenvalue weighted by molar-refractivity contribution is 5.78. The second kappa shape index (κ2) is 6.85. The van der Waals surface area contributed by atoms with Crippen molar-refractivity contribution in [3.05, 3.63) is 29.8 Å². The van der Waals surface area contributed by atoms with E-state index in [1.807, 2.05) is 31.2 Å². The van der Waals surface area contributed by atoms with Crippen molar-refractivity contribution in [2.75, 3.05) is 20.2 Å². The van der Waals surface area contributed by atoms with Crippen LogP contribution >= 0.6 is 0 Å². The molecule has 0 aromatic heterocycles. The van der Waals surface area contributed by atoms with Crippen LogP contribution in [0, 0.1) is 0 Å². The molecule has 16 heavy (non-hydrogen) atoms. The highest BCUT2D eigenvalue weighted by atomic mass is 16.5. The zero-order valence-corrected chi connectivity index (χ0v) is 9.75. The highest BCUT2D eigenvalue weighted by Gasteiger charge is 2.03. The van der Waals surface area contributed by atoms with E-state index >= 15 is 0 Å². The van der Waals surface area contributed by atoms with Crippen LogP contribution in [0.2, 0.25) is 0 Å². The largest absolute Gasteiger partial charge is 0.496 e. The fourth-order valence-corrected chi connectivity index (χ4v) is 1.34. The molecule has 0 aliphatic rings. The van der Waals surface area contributed by atoms with Crippen molar-refractivity contribution in [1.29, 1.82) is 0 Å².